The van der Waals surface area contributed by atoms with Gasteiger partial charge in [-0.2, -0.15) is 0 Å². The maximum atomic E-state index is 6.27. The molecule has 2 nitrogen and oxygen atoms in total. The molecule has 1 heterocycles. The Morgan fingerprint density at radius 2 is 1.89 bits per heavy atom. The van der Waals surface area contributed by atoms with Crippen molar-refractivity contribution in [2.24, 2.45) is 5.92 Å². The van der Waals surface area contributed by atoms with Gasteiger partial charge in [0.05, 0.1) is 15.7 Å². The molecule has 1 saturated heterocycles. The van der Waals surface area contributed by atoms with Crippen LogP contribution in [-0.2, 0) is 0 Å². The molecule has 1 N–H and O–H groups in total. The van der Waals surface area contributed by atoms with Crippen LogP contribution in [0.25, 0.3) is 0 Å². The zero-order valence-electron chi connectivity index (χ0n) is 11.8. The lowest BCUT2D eigenvalue weighted by Crippen LogP contribution is -2.39. The van der Waals surface area contributed by atoms with E-state index in [9.17, 15) is 0 Å². The maximum absolute atomic E-state index is 6.27. The van der Waals surface area contributed by atoms with Crippen LogP contribution in [0, 0.1) is 5.92 Å². The van der Waals surface area contributed by atoms with Crippen molar-refractivity contribution in [3.8, 4) is 0 Å². The molecular weight excluding hydrogens is 279 g/mol. The van der Waals surface area contributed by atoms with Crippen LogP contribution in [0.4, 0.5) is 5.69 Å². The largest absolute Gasteiger partial charge is 0.369 e. The molecule has 106 valence electrons. The van der Waals surface area contributed by atoms with Crippen molar-refractivity contribution in [1.29, 1.82) is 0 Å². The average Bonchev–Trinajstić information content (AvgIpc) is 2.74. The van der Waals surface area contributed by atoms with Crippen LogP contribution in [0.2, 0.25) is 10.0 Å². The van der Waals surface area contributed by atoms with E-state index in [1.807, 2.05) is 18.2 Å². The number of hydrogen-bond donors (Lipinski definition) is 1. The second-order valence-electron chi connectivity index (χ2n) is 6.30. The SMILES string of the molecule is CC(C)(C)NCC1CCN(c2c(Cl)cccc2Cl)C1. The van der Waals surface area contributed by atoms with Gasteiger partial charge < -0.3 is 10.2 Å². The smallest absolute Gasteiger partial charge is 0.0745 e. The minimum Gasteiger partial charge on any atom is -0.369 e. The van der Waals surface area contributed by atoms with Gasteiger partial charge in [-0.25, -0.2) is 0 Å². The summed E-state index contributed by atoms with van der Waals surface area (Å²) in [5.74, 6) is 0.659. The first kappa shape index (κ1) is 15.0. The standard InChI is InChI=1S/C15H22Cl2N2/c1-15(2,3)18-9-11-7-8-19(10-11)14-12(16)5-4-6-13(14)17/h4-6,11,18H,7-10H2,1-3H3. The summed E-state index contributed by atoms with van der Waals surface area (Å²) < 4.78 is 0. The van der Waals surface area contributed by atoms with Gasteiger partial charge in [0, 0.05) is 25.2 Å². The Labute approximate surface area is 126 Å². The summed E-state index contributed by atoms with van der Waals surface area (Å²) in [7, 11) is 0. The molecule has 0 aromatic heterocycles. The van der Waals surface area contributed by atoms with Crippen LogP contribution in [-0.4, -0.2) is 25.2 Å². The van der Waals surface area contributed by atoms with Crippen molar-refractivity contribution in [1.82, 2.24) is 5.32 Å². The summed E-state index contributed by atoms with van der Waals surface area (Å²) in [5.41, 5.74) is 1.17. The average molecular weight is 301 g/mol. The van der Waals surface area contributed by atoms with Crippen LogP contribution in [0.15, 0.2) is 18.2 Å². The minimum absolute atomic E-state index is 0.176. The number of halogens is 2. The van der Waals surface area contributed by atoms with Gasteiger partial charge in [-0.1, -0.05) is 29.3 Å². The molecule has 0 radical (unpaired) electrons. The Morgan fingerprint density at radius 3 is 2.47 bits per heavy atom. The molecule has 0 saturated carbocycles. The van der Waals surface area contributed by atoms with Gasteiger partial charge in [-0.05, 0) is 45.2 Å². The van der Waals surface area contributed by atoms with Gasteiger partial charge in [0.15, 0.2) is 0 Å². The van der Waals surface area contributed by atoms with E-state index in [1.54, 1.807) is 0 Å². The molecule has 19 heavy (non-hydrogen) atoms. The third kappa shape index (κ3) is 4.01. The predicted octanol–water partition coefficient (Wildman–Crippen LogP) is 4.21. The zero-order chi connectivity index (χ0) is 14.0. The first-order valence-corrected chi connectivity index (χ1v) is 7.56. The molecule has 1 aliphatic rings. The lowest BCUT2D eigenvalue weighted by atomic mass is 10.1. The first-order chi connectivity index (χ1) is 8.87. The second kappa shape index (κ2) is 5.90. The Bertz CT molecular complexity index is 420. The van der Waals surface area contributed by atoms with E-state index in [0.29, 0.717) is 5.92 Å². The predicted molar refractivity (Wildman–Crippen MR) is 84.5 cm³/mol. The van der Waals surface area contributed by atoms with Crippen LogP contribution in [0.3, 0.4) is 0 Å². The quantitative estimate of drug-likeness (QED) is 0.899. The number of anilines is 1. The molecule has 2 rings (SSSR count). The first-order valence-electron chi connectivity index (χ1n) is 6.81. The van der Waals surface area contributed by atoms with E-state index in [-0.39, 0.29) is 5.54 Å². The molecule has 1 fully saturated rings. The van der Waals surface area contributed by atoms with Crippen molar-refractivity contribution in [3.63, 3.8) is 0 Å². The van der Waals surface area contributed by atoms with Gasteiger partial charge >= 0.3 is 0 Å². The molecule has 4 heteroatoms. The molecule has 0 aliphatic carbocycles. The number of para-hydroxylation sites is 1. The molecule has 0 amide bonds. The fourth-order valence-corrected chi connectivity index (χ4v) is 3.08. The summed E-state index contributed by atoms with van der Waals surface area (Å²) in [6, 6.07) is 5.70. The summed E-state index contributed by atoms with van der Waals surface area (Å²) in [5, 5.41) is 5.07. The lowest BCUT2D eigenvalue weighted by Gasteiger charge is -2.24. The Balaban J connectivity index is 1.99. The third-order valence-corrected chi connectivity index (χ3v) is 4.07. The summed E-state index contributed by atoms with van der Waals surface area (Å²) >= 11 is 12.5. The number of hydrogen-bond acceptors (Lipinski definition) is 2. The van der Waals surface area contributed by atoms with Crippen molar-refractivity contribution < 1.29 is 0 Å². The number of nitrogens with zero attached hydrogens (tertiary/aromatic N) is 1. The van der Waals surface area contributed by atoms with E-state index in [4.69, 9.17) is 23.2 Å². The van der Waals surface area contributed by atoms with Gasteiger partial charge in [0.25, 0.3) is 0 Å². The van der Waals surface area contributed by atoms with Gasteiger partial charge in [-0.15, -0.1) is 0 Å². The Kier molecular flexibility index (Phi) is 4.65. The van der Waals surface area contributed by atoms with Crippen LogP contribution in [0.1, 0.15) is 27.2 Å². The van der Waals surface area contributed by atoms with Crippen LogP contribution >= 0.6 is 23.2 Å². The van der Waals surface area contributed by atoms with Crippen molar-refractivity contribution >= 4 is 28.9 Å². The fraction of sp³-hybridized carbons (Fsp3) is 0.600. The zero-order valence-corrected chi connectivity index (χ0v) is 13.4. The normalized spacial score (nSPS) is 20.1. The summed E-state index contributed by atoms with van der Waals surface area (Å²) in [4.78, 5) is 2.31. The van der Waals surface area contributed by atoms with Crippen LogP contribution in [0.5, 0.6) is 0 Å². The highest BCUT2D eigenvalue weighted by molar-refractivity contribution is 6.39. The molecular formula is C15H22Cl2N2. The Hall–Kier alpha value is -0.440. The van der Waals surface area contributed by atoms with E-state index >= 15 is 0 Å². The highest BCUT2D eigenvalue weighted by Crippen LogP contribution is 2.36. The van der Waals surface area contributed by atoms with Crippen molar-refractivity contribution in [3.05, 3.63) is 28.2 Å². The molecule has 1 atom stereocenters. The highest BCUT2D eigenvalue weighted by atomic mass is 35.5. The number of benzene rings is 1. The van der Waals surface area contributed by atoms with Gasteiger partial charge in [0.1, 0.15) is 0 Å². The maximum Gasteiger partial charge on any atom is 0.0745 e. The number of rotatable bonds is 3. The van der Waals surface area contributed by atoms with Gasteiger partial charge in [0.2, 0.25) is 0 Å². The topological polar surface area (TPSA) is 15.3 Å². The number of nitrogens with one attached hydrogen (secondary N) is 1. The van der Waals surface area contributed by atoms with E-state index in [2.05, 4.69) is 31.0 Å². The van der Waals surface area contributed by atoms with Crippen molar-refractivity contribution in [2.45, 2.75) is 32.7 Å². The van der Waals surface area contributed by atoms with E-state index in [1.165, 1.54) is 6.42 Å². The van der Waals surface area contributed by atoms with Crippen LogP contribution < -0.4 is 10.2 Å². The van der Waals surface area contributed by atoms with E-state index in [0.717, 1.165) is 35.4 Å². The Morgan fingerprint density at radius 1 is 1.26 bits per heavy atom. The summed E-state index contributed by atoms with van der Waals surface area (Å²) in [6.07, 6.45) is 1.19. The minimum atomic E-state index is 0.176. The second-order valence-corrected chi connectivity index (χ2v) is 7.12. The molecule has 1 aromatic carbocycles. The molecule has 1 aromatic rings. The lowest BCUT2D eigenvalue weighted by molar-refractivity contribution is 0.383. The molecule has 1 unspecified atom stereocenters. The van der Waals surface area contributed by atoms with Crippen molar-refractivity contribution in [2.75, 3.05) is 24.5 Å². The molecule has 1 aliphatic heterocycles. The summed E-state index contributed by atoms with van der Waals surface area (Å²) in [6.45, 7) is 9.69. The van der Waals surface area contributed by atoms with E-state index < -0.39 is 0 Å². The monoisotopic (exact) mass is 300 g/mol. The third-order valence-electron chi connectivity index (χ3n) is 3.46. The highest BCUT2D eigenvalue weighted by Gasteiger charge is 2.26. The molecule has 0 spiro atoms. The fourth-order valence-electron chi connectivity index (χ4n) is 2.44. The van der Waals surface area contributed by atoms with Gasteiger partial charge in [-0.3, -0.25) is 0 Å². The molecule has 0 bridgehead atoms.